The quantitative estimate of drug-likeness (QED) is 0.790. The van der Waals surface area contributed by atoms with E-state index in [0.29, 0.717) is 19.5 Å². The second kappa shape index (κ2) is 7.70. The Hall–Kier alpha value is -0.810. The summed E-state index contributed by atoms with van der Waals surface area (Å²) in [6.07, 6.45) is 2.48. The Kier molecular flexibility index (Phi) is 7.37. The minimum absolute atomic E-state index is 0. The molecule has 0 aromatic rings. The molecule has 2 amide bonds. The summed E-state index contributed by atoms with van der Waals surface area (Å²) >= 11 is 0. The minimum atomic E-state index is -0.407. The molecule has 1 heterocycles. The van der Waals surface area contributed by atoms with Crippen LogP contribution in [0.3, 0.4) is 0 Å². The third-order valence-corrected chi connectivity index (χ3v) is 3.88. The van der Waals surface area contributed by atoms with Crippen molar-refractivity contribution in [1.29, 1.82) is 0 Å². The first-order valence-corrected chi connectivity index (χ1v) is 6.68. The molecule has 1 saturated heterocycles. The van der Waals surface area contributed by atoms with Crippen LogP contribution in [0.5, 0.6) is 0 Å². The van der Waals surface area contributed by atoms with Gasteiger partial charge in [0.1, 0.15) is 0 Å². The number of nitrogens with two attached hydrogens (primary N) is 1. The summed E-state index contributed by atoms with van der Waals surface area (Å²) in [5.41, 5.74) is 5.31. The lowest BCUT2D eigenvalue weighted by Gasteiger charge is -2.35. The van der Waals surface area contributed by atoms with Gasteiger partial charge in [0.2, 0.25) is 11.8 Å². The highest BCUT2D eigenvalue weighted by atomic mass is 35.5. The second-order valence-electron chi connectivity index (χ2n) is 5.60. The molecule has 1 atom stereocenters. The fourth-order valence-electron chi connectivity index (χ4n) is 1.99. The fraction of sp³-hybridized carbons (Fsp3) is 0.846. The average molecular weight is 292 g/mol. The first-order valence-electron chi connectivity index (χ1n) is 6.68. The molecule has 0 radical (unpaired) electrons. The van der Waals surface area contributed by atoms with Crippen molar-refractivity contribution in [3.8, 4) is 0 Å². The van der Waals surface area contributed by atoms with E-state index in [0.717, 1.165) is 12.8 Å². The van der Waals surface area contributed by atoms with E-state index in [-0.39, 0.29) is 36.7 Å². The van der Waals surface area contributed by atoms with Gasteiger partial charge in [0.25, 0.3) is 0 Å². The number of hydrogen-bond donors (Lipinski definition) is 2. The molecule has 0 aromatic carbocycles. The molecule has 1 unspecified atom stereocenters. The van der Waals surface area contributed by atoms with E-state index in [2.05, 4.69) is 5.32 Å². The van der Waals surface area contributed by atoms with E-state index in [1.807, 2.05) is 20.8 Å². The minimum Gasteiger partial charge on any atom is -0.348 e. The van der Waals surface area contributed by atoms with Gasteiger partial charge in [0, 0.05) is 19.5 Å². The van der Waals surface area contributed by atoms with Crippen LogP contribution in [0.25, 0.3) is 0 Å². The Balaban J connectivity index is 0.00000324. The number of amides is 2. The molecule has 1 aliphatic heterocycles. The highest BCUT2D eigenvalue weighted by molar-refractivity contribution is 5.85. The average Bonchev–Trinajstić information content (AvgIpc) is 2.31. The van der Waals surface area contributed by atoms with Gasteiger partial charge in [-0.2, -0.15) is 0 Å². The predicted molar refractivity (Wildman–Crippen MR) is 78.1 cm³/mol. The molecule has 19 heavy (non-hydrogen) atoms. The number of rotatable bonds is 5. The van der Waals surface area contributed by atoms with E-state index in [1.165, 1.54) is 0 Å². The lowest BCUT2D eigenvalue weighted by molar-refractivity contribution is -0.138. The number of carbonyl (C=O) groups is 2. The van der Waals surface area contributed by atoms with Crippen molar-refractivity contribution in [3.05, 3.63) is 0 Å². The summed E-state index contributed by atoms with van der Waals surface area (Å²) in [5.74, 6) is 0.214. The van der Waals surface area contributed by atoms with Crippen molar-refractivity contribution in [1.82, 2.24) is 10.2 Å². The van der Waals surface area contributed by atoms with Crippen LogP contribution in [0, 0.1) is 5.92 Å². The summed E-state index contributed by atoms with van der Waals surface area (Å²) in [7, 11) is 0. The number of nitrogens with one attached hydrogen (secondary N) is 1. The molecule has 0 bridgehead atoms. The molecule has 0 aromatic heterocycles. The van der Waals surface area contributed by atoms with Crippen LogP contribution < -0.4 is 11.1 Å². The Bertz CT molecular complexity index is 323. The largest absolute Gasteiger partial charge is 0.348 e. The van der Waals surface area contributed by atoms with E-state index >= 15 is 0 Å². The first-order chi connectivity index (χ1) is 8.39. The first kappa shape index (κ1) is 18.2. The van der Waals surface area contributed by atoms with Crippen LogP contribution in [0.1, 0.15) is 40.0 Å². The van der Waals surface area contributed by atoms with Crippen molar-refractivity contribution >= 4 is 24.2 Å². The maximum atomic E-state index is 12.0. The van der Waals surface area contributed by atoms with Gasteiger partial charge in [0.05, 0.1) is 12.1 Å². The van der Waals surface area contributed by atoms with Gasteiger partial charge in [-0.1, -0.05) is 13.8 Å². The van der Waals surface area contributed by atoms with Gasteiger partial charge in [-0.05, 0) is 25.7 Å². The van der Waals surface area contributed by atoms with Crippen molar-refractivity contribution in [2.45, 2.75) is 45.6 Å². The number of likely N-dealkylation sites (tertiary alicyclic amines) is 1. The fourth-order valence-corrected chi connectivity index (χ4v) is 1.99. The number of hydrogen-bond acceptors (Lipinski definition) is 3. The zero-order valence-electron chi connectivity index (χ0n) is 12.1. The Morgan fingerprint density at radius 3 is 2.58 bits per heavy atom. The molecular weight excluding hydrogens is 266 g/mol. The molecule has 3 N–H and O–H groups in total. The lowest BCUT2D eigenvalue weighted by Crippen LogP contribution is -2.57. The van der Waals surface area contributed by atoms with Crippen molar-refractivity contribution in [3.63, 3.8) is 0 Å². The maximum Gasteiger partial charge on any atom is 0.240 e. The molecule has 5 nitrogen and oxygen atoms in total. The van der Waals surface area contributed by atoms with Crippen LogP contribution >= 0.6 is 12.4 Å². The summed E-state index contributed by atoms with van der Waals surface area (Å²) < 4.78 is 0. The Morgan fingerprint density at radius 2 is 2.11 bits per heavy atom. The van der Waals surface area contributed by atoms with Crippen molar-refractivity contribution < 1.29 is 9.59 Å². The summed E-state index contributed by atoms with van der Waals surface area (Å²) in [5, 5.41) is 2.95. The van der Waals surface area contributed by atoms with E-state index in [1.54, 1.807) is 4.90 Å². The SMILES string of the molecule is CC(C)C(C)(CN)NC(=O)CN1CCCCC1=O.Cl. The topological polar surface area (TPSA) is 75.4 Å². The van der Waals surface area contributed by atoms with E-state index in [9.17, 15) is 9.59 Å². The van der Waals surface area contributed by atoms with E-state index in [4.69, 9.17) is 5.73 Å². The molecule has 0 saturated carbocycles. The van der Waals surface area contributed by atoms with Gasteiger partial charge in [-0.25, -0.2) is 0 Å². The molecule has 6 heteroatoms. The van der Waals surface area contributed by atoms with Gasteiger partial charge in [0.15, 0.2) is 0 Å². The summed E-state index contributed by atoms with van der Waals surface area (Å²) in [6.45, 7) is 7.23. The third kappa shape index (κ3) is 4.99. The second-order valence-corrected chi connectivity index (χ2v) is 5.60. The number of nitrogens with zero attached hydrogens (tertiary/aromatic N) is 1. The predicted octanol–water partition coefficient (Wildman–Crippen LogP) is 0.910. The summed E-state index contributed by atoms with van der Waals surface area (Å²) in [4.78, 5) is 25.2. The van der Waals surface area contributed by atoms with Crippen LogP contribution in [0.4, 0.5) is 0 Å². The molecule has 1 fully saturated rings. The van der Waals surface area contributed by atoms with Crippen molar-refractivity contribution in [2.75, 3.05) is 19.6 Å². The molecule has 1 aliphatic rings. The Morgan fingerprint density at radius 1 is 1.47 bits per heavy atom. The maximum absolute atomic E-state index is 12.0. The van der Waals surface area contributed by atoms with Crippen LogP contribution in [-0.2, 0) is 9.59 Å². The Labute approximate surface area is 121 Å². The van der Waals surface area contributed by atoms with Gasteiger partial charge < -0.3 is 16.0 Å². The highest BCUT2D eigenvalue weighted by Crippen LogP contribution is 2.15. The molecule has 1 rings (SSSR count). The number of halogens is 1. The smallest absolute Gasteiger partial charge is 0.240 e. The van der Waals surface area contributed by atoms with Crippen molar-refractivity contribution in [2.24, 2.45) is 11.7 Å². The van der Waals surface area contributed by atoms with Gasteiger partial charge in [-0.3, -0.25) is 9.59 Å². The highest BCUT2D eigenvalue weighted by Gasteiger charge is 2.30. The summed E-state index contributed by atoms with van der Waals surface area (Å²) in [6, 6.07) is 0. The lowest BCUT2D eigenvalue weighted by atomic mass is 9.88. The molecule has 0 aliphatic carbocycles. The zero-order chi connectivity index (χ0) is 13.8. The van der Waals surface area contributed by atoms with Crippen LogP contribution in [0.2, 0.25) is 0 Å². The molecule has 0 spiro atoms. The molecular formula is C13H26ClN3O2. The number of carbonyl (C=O) groups excluding carboxylic acids is 2. The van der Waals surface area contributed by atoms with E-state index < -0.39 is 5.54 Å². The zero-order valence-corrected chi connectivity index (χ0v) is 12.9. The van der Waals surface area contributed by atoms with Crippen LogP contribution in [-0.4, -0.2) is 41.9 Å². The normalized spacial score (nSPS) is 18.8. The van der Waals surface area contributed by atoms with Gasteiger partial charge >= 0.3 is 0 Å². The third-order valence-electron chi connectivity index (χ3n) is 3.88. The van der Waals surface area contributed by atoms with Gasteiger partial charge in [-0.15, -0.1) is 12.4 Å². The molecule has 112 valence electrons. The standard InChI is InChI=1S/C13H25N3O2.ClH/c1-10(2)13(3,9-14)15-11(17)8-16-7-5-4-6-12(16)18;/h10H,4-9,14H2,1-3H3,(H,15,17);1H. The number of piperidine rings is 1. The monoisotopic (exact) mass is 291 g/mol. The van der Waals surface area contributed by atoms with Crippen LogP contribution in [0.15, 0.2) is 0 Å².